The molecule has 0 aliphatic heterocycles. The Morgan fingerprint density at radius 3 is 2.54 bits per heavy atom. The quantitative estimate of drug-likeness (QED) is 0.800. The van der Waals surface area contributed by atoms with Crippen molar-refractivity contribution < 1.29 is 9.59 Å². The summed E-state index contributed by atoms with van der Waals surface area (Å²) in [4.78, 5) is 40.8. The third-order valence-electron chi connectivity index (χ3n) is 4.01. The zero-order chi connectivity index (χ0) is 19.1. The van der Waals surface area contributed by atoms with E-state index in [9.17, 15) is 14.4 Å². The maximum absolute atomic E-state index is 12.6. The van der Waals surface area contributed by atoms with Crippen LogP contribution in [0.3, 0.4) is 0 Å². The molecule has 138 valence electrons. The van der Waals surface area contributed by atoms with Gasteiger partial charge < -0.3 is 15.2 Å². The second-order valence-corrected chi connectivity index (χ2v) is 6.72. The van der Waals surface area contributed by atoms with Gasteiger partial charge in [0.05, 0.1) is 5.56 Å². The van der Waals surface area contributed by atoms with Crippen LogP contribution < -0.4 is 10.9 Å². The lowest BCUT2D eigenvalue weighted by molar-refractivity contribution is 0.0783. The Labute approximate surface area is 153 Å². The third kappa shape index (κ3) is 5.31. The summed E-state index contributed by atoms with van der Waals surface area (Å²) >= 11 is 0. The first-order chi connectivity index (χ1) is 12.4. The Kier molecular flexibility index (Phi) is 6.72. The highest BCUT2D eigenvalue weighted by Gasteiger charge is 2.18. The van der Waals surface area contributed by atoms with Gasteiger partial charge in [-0.1, -0.05) is 44.2 Å². The summed E-state index contributed by atoms with van der Waals surface area (Å²) in [5.41, 5.74) is 0.681. The molecule has 0 saturated heterocycles. The second-order valence-electron chi connectivity index (χ2n) is 6.72. The van der Waals surface area contributed by atoms with E-state index in [1.165, 1.54) is 17.2 Å². The van der Waals surface area contributed by atoms with Crippen molar-refractivity contribution in [1.82, 2.24) is 15.2 Å². The van der Waals surface area contributed by atoms with Crippen LogP contribution >= 0.6 is 0 Å². The summed E-state index contributed by atoms with van der Waals surface area (Å²) in [6.45, 7) is 5.08. The van der Waals surface area contributed by atoms with Gasteiger partial charge in [-0.2, -0.15) is 0 Å². The van der Waals surface area contributed by atoms with Gasteiger partial charge in [0.15, 0.2) is 0 Å². The molecule has 2 N–H and O–H groups in total. The molecule has 0 unspecified atom stereocenters. The zero-order valence-electron chi connectivity index (χ0n) is 15.4. The summed E-state index contributed by atoms with van der Waals surface area (Å²) in [5.74, 6) is -0.247. The number of aromatic nitrogens is 1. The lowest BCUT2D eigenvalue weighted by atomic mass is 10.1. The largest absolute Gasteiger partial charge is 0.352 e. The maximum atomic E-state index is 12.6. The highest BCUT2D eigenvalue weighted by Crippen LogP contribution is 2.07. The molecule has 26 heavy (non-hydrogen) atoms. The molecule has 1 aromatic carbocycles. The van der Waals surface area contributed by atoms with Gasteiger partial charge in [-0.15, -0.1) is 0 Å². The normalized spacial score (nSPS) is 10.6. The molecular weight excluding hydrogens is 330 g/mol. The molecule has 0 fully saturated rings. The predicted octanol–water partition coefficient (Wildman–Crippen LogP) is 2.42. The Balaban J connectivity index is 2.11. The highest BCUT2D eigenvalue weighted by atomic mass is 16.2. The minimum Gasteiger partial charge on any atom is -0.352 e. The lowest BCUT2D eigenvalue weighted by Crippen LogP contribution is -2.32. The number of nitrogens with zero attached hydrogens (tertiary/aromatic N) is 1. The van der Waals surface area contributed by atoms with Crippen LogP contribution in [0.1, 0.15) is 46.5 Å². The van der Waals surface area contributed by atoms with Crippen LogP contribution in [0.2, 0.25) is 0 Å². The monoisotopic (exact) mass is 355 g/mol. The number of hydrogen-bond donors (Lipinski definition) is 2. The molecule has 0 aliphatic carbocycles. The maximum Gasteiger partial charge on any atom is 0.260 e. The van der Waals surface area contributed by atoms with Crippen molar-refractivity contribution in [2.45, 2.75) is 26.8 Å². The second kappa shape index (κ2) is 8.99. The van der Waals surface area contributed by atoms with Crippen molar-refractivity contribution in [1.29, 1.82) is 0 Å². The number of pyridine rings is 1. The third-order valence-corrected chi connectivity index (χ3v) is 4.01. The van der Waals surface area contributed by atoms with E-state index in [4.69, 9.17) is 0 Å². The first-order valence-corrected chi connectivity index (χ1v) is 8.68. The SMILES string of the molecule is CC(C)CCNC(=O)c1c[nH]c(=O)c(C(=O)N(C)Cc2ccccc2)c1. The standard InChI is InChI=1S/C20H25N3O3/c1-14(2)9-10-21-18(24)16-11-17(19(25)22-12-16)20(26)23(3)13-15-7-5-4-6-8-15/h4-8,11-12,14H,9-10,13H2,1-3H3,(H,21,24)(H,22,25). The predicted molar refractivity (Wildman–Crippen MR) is 101 cm³/mol. The summed E-state index contributed by atoms with van der Waals surface area (Å²) in [6, 6.07) is 10.9. The van der Waals surface area contributed by atoms with E-state index >= 15 is 0 Å². The van der Waals surface area contributed by atoms with E-state index in [0.717, 1.165) is 12.0 Å². The molecule has 6 nitrogen and oxygen atoms in total. The van der Waals surface area contributed by atoms with Crippen LogP contribution in [0.25, 0.3) is 0 Å². The molecule has 2 aromatic rings. The van der Waals surface area contributed by atoms with Gasteiger partial charge in [-0.25, -0.2) is 0 Å². The lowest BCUT2D eigenvalue weighted by Gasteiger charge is -2.17. The number of hydrogen-bond acceptors (Lipinski definition) is 3. The number of carbonyl (C=O) groups excluding carboxylic acids is 2. The van der Waals surface area contributed by atoms with Gasteiger partial charge in [-0.3, -0.25) is 14.4 Å². The Hall–Kier alpha value is -2.89. The minimum absolute atomic E-state index is 0.0417. The van der Waals surface area contributed by atoms with Crippen molar-refractivity contribution >= 4 is 11.8 Å². The van der Waals surface area contributed by atoms with Crippen molar-refractivity contribution in [3.63, 3.8) is 0 Å². The molecule has 0 spiro atoms. The molecule has 0 saturated carbocycles. The minimum atomic E-state index is -0.506. The van der Waals surface area contributed by atoms with Gasteiger partial charge in [-0.05, 0) is 24.0 Å². The van der Waals surface area contributed by atoms with Crippen LogP contribution in [0.5, 0.6) is 0 Å². The number of carbonyl (C=O) groups is 2. The van der Waals surface area contributed by atoms with Crippen LogP contribution in [0.4, 0.5) is 0 Å². The van der Waals surface area contributed by atoms with E-state index < -0.39 is 11.5 Å². The van der Waals surface area contributed by atoms with Crippen molar-refractivity contribution in [2.75, 3.05) is 13.6 Å². The van der Waals surface area contributed by atoms with Crippen LogP contribution in [0, 0.1) is 5.92 Å². The topological polar surface area (TPSA) is 82.3 Å². The number of nitrogens with one attached hydrogen (secondary N) is 2. The molecule has 2 amide bonds. The molecule has 0 radical (unpaired) electrons. The number of rotatable bonds is 7. The highest BCUT2D eigenvalue weighted by molar-refractivity contribution is 5.99. The average molecular weight is 355 g/mol. The number of H-pyrrole nitrogens is 1. The average Bonchev–Trinajstić information content (AvgIpc) is 2.62. The van der Waals surface area contributed by atoms with E-state index in [2.05, 4.69) is 24.1 Å². The van der Waals surface area contributed by atoms with E-state index in [0.29, 0.717) is 19.0 Å². The number of aromatic amines is 1. The van der Waals surface area contributed by atoms with E-state index in [1.54, 1.807) is 7.05 Å². The smallest absolute Gasteiger partial charge is 0.260 e. The first-order valence-electron chi connectivity index (χ1n) is 8.68. The fourth-order valence-corrected chi connectivity index (χ4v) is 2.48. The van der Waals surface area contributed by atoms with Crippen LogP contribution in [-0.4, -0.2) is 35.3 Å². The van der Waals surface area contributed by atoms with Gasteiger partial charge in [0.2, 0.25) is 0 Å². The van der Waals surface area contributed by atoms with Gasteiger partial charge in [0.25, 0.3) is 17.4 Å². The summed E-state index contributed by atoms with van der Waals surface area (Å²) in [7, 11) is 1.63. The van der Waals surface area contributed by atoms with Crippen molar-refractivity contribution in [3.8, 4) is 0 Å². The molecular formula is C20H25N3O3. The van der Waals surface area contributed by atoms with Gasteiger partial charge in [0, 0.05) is 26.3 Å². The Bertz CT molecular complexity index is 813. The molecule has 0 atom stereocenters. The van der Waals surface area contributed by atoms with E-state index in [1.807, 2.05) is 30.3 Å². The van der Waals surface area contributed by atoms with E-state index in [-0.39, 0.29) is 17.0 Å². The Morgan fingerprint density at radius 1 is 1.19 bits per heavy atom. The molecule has 1 aromatic heterocycles. The number of benzene rings is 1. The molecule has 6 heteroatoms. The first kappa shape index (κ1) is 19.4. The summed E-state index contributed by atoms with van der Waals surface area (Å²) in [6.07, 6.45) is 2.20. The van der Waals surface area contributed by atoms with Crippen molar-refractivity contribution in [3.05, 3.63) is 69.6 Å². The molecule has 1 heterocycles. The summed E-state index contributed by atoms with van der Waals surface area (Å²) < 4.78 is 0. The zero-order valence-corrected chi connectivity index (χ0v) is 15.4. The molecule has 2 rings (SSSR count). The molecule has 0 bridgehead atoms. The van der Waals surface area contributed by atoms with Crippen LogP contribution in [0.15, 0.2) is 47.4 Å². The Morgan fingerprint density at radius 2 is 1.88 bits per heavy atom. The van der Waals surface area contributed by atoms with Crippen molar-refractivity contribution in [2.24, 2.45) is 5.92 Å². The van der Waals surface area contributed by atoms with Gasteiger partial charge in [0.1, 0.15) is 5.56 Å². The number of amides is 2. The fourth-order valence-electron chi connectivity index (χ4n) is 2.48. The molecule has 0 aliphatic rings. The van der Waals surface area contributed by atoms with Gasteiger partial charge >= 0.3 is 0 Å². The fraction of sp³-hybridized carbons (Fsp3) is 0.350. The van der Waals surface area contributed by atoms with Crippen LogP contribution in [-0.2, 0) is 6.54 Å². The summed E-state index contributed by atoms with van der Waals surface area (Å²) in [5, 5.41) is 2.80.